The normalized spacial score (nSPS) is 24.3. The highest BCUT2D eigenvalue weighted by Crippen LogP contribution is 2.37. The number of nitrogens with zero attached hydrogens (tertiary/aromatic N) is 3. The standard InChI is InChI=1S/C24H34N4O/c1-2-13-26-24(25)29-21-11-12-22-19(18-21)7-6-10-23(22)28-16-14-27(15-17-28)20-8-4-3-5-9-20/h2,11-13,18,20,23,25H,1,3-10,14-17H2/b25-24?,26-13-. The zero-order chi connectivity index (χ0) is 20.1. The van der Waals surface area contributed by atoms with Gasteiger partial charge in [-0.25, -0.2) is 10.4 Å². The van der Waals surface area contributed by atoms with Gasteiger partial charge in [0.1, 0.15) is 5.75 Å². The second kappa shape index (κ2) is 9.68. The fourth-order valence-corrected chi connectivity index (χ4v) is 5.33. The minimum Gasteiger partial charge on any atom is -0.425 e. The van der Waals surface area contributed by atoms with Crippen LogP contribution < -0.4 is 4.74 Å². The van der Waals surface area contributed by atoms with Crippen LogP contribution >= 0.6 is 0 Å². The van der Waals surface area contributed by atoms with E-state index in [2.05, 4.69) is 33.5 Å². The molecule has 156 valence electrons. The van der Waals surface area contributed by atoms with Crippen molar-refractivity contribution in [1.82, 2.24) is 9.80 Å². The number of hydrogen-bond donors (Lipinski definition) is 1. The predicted molar refractivity (Wildman–Crippen MR) is 119 cm³/mol. The summed E-state index contributed by atoms with van der Waals surface area (Å²) in [5.74, 6) is 0.706. The maximum atomic E-state index is 7.79. The number of aliphatic imine (C=N–C) groups is 1. The van der Waals surface area contributed by atoms with E-state index in [0.717, 1.165) is 12.5 Å². The van der Waals surface area contributed by atoms with Gasteiger partial charge in [0.25, 0.3) is 0 Å². The summed E-state index contributed by atoms with van der Waals surface area (Å²) in [6.45, 7) is 8.37. The van der Waals surface area contributed by atoms with Crippen molar-refractivity contribution in [2.24, 2.45) is 4.99 Å². The summed E-state index contributed by atoms with van der Waals surface area (Å²) in [7, 11) is 0. The zero-order valence-electron chi connectivity index (χ0n) is 17.5. The van der Waals surface area contributed by atoms with Crippen LogP contribution in [-0.2, 0) is 6.42 Å². The molecule has 1 unspecified atom stereocenters. The average molecular weight is 395 g/mol. The molecule has 1 saturated carbocycles. The number of piperazine rings is 1. The first-order valence-electron chi connectivity index (χ1n) is 11.3. The van der Waals surface area contributed by atoms with Crippen molar-refractivity contribution >= 4 is 12.2 Å². The third-order valence-corrected chi connectivity index (χ3v) is 6.79. The van der Waals surface area contributed by atoms with Crippen LogP contribution in [0.5, 0.6) is 5.75 Å². The summed E-state index contributed by atoms with van der Waals surface area (Å²) in [5, 5.41) is 7.79. The molecule has 1 heterocycles. The van der Waals surface area contributed by atoms with Gasteiger partial charge in [-0.15, -0.1) is 0 Å². The van der Waals surface area contributed by atoms with E-state index in [1.807, 2.05) is 6.07 Å². The lowest BCUT2D eigenvalue weighted by atomic mass is 9.86. The van der Waals surface area contributed by atoms with Gasteiger partial charge in [0.05, 0.1) is 0 Å². The smallest absolute Gasteiger partial charge is 0.314 e. The number of nitrogens with one attached hydrogen (secondary N) is 1. The summed E-state index contributed by atoms with van der Waals surface area (Å²) in [4.78, 5) is 9.35. The highest BCUT2D eigenvalue weighted by atomic mass is 16.5. The lowest BCUT2D eigenvalue weighted by Gasteiger charge is -2.44. The second-order valence-corrected chi connectivity index (χ2v) is 8.55. The van der Waals surface area contributed by atoms with Crippen LogP contribution in [0, 0.1) is 5.41 Å². The van der Waals surface area contributed by atoms with E-state index in [0.29, 0.717) is 11.8 Å². The van der Waals surface area contributed by atoms with Gasteiger partial charge in [-0.1, -0.05) is 38.0 Å². The fraction of sp³-hybridized carbons (Fsp3) is 0.583. The van der Waals surface area contributed by atoms with E-state index in [1.165, 1.54) is 88.5 Å². The summed E-state index contributed by atoms with van der Waals surface area (Å²) in [5.41, 5.74) is 2.82. The Bertz CT molecular complexity index is 745. The van der Waals surface area contributed by atoms with Crippen molar-refractivity contribution in [3.05, 3.63) is 42.0 Å². The molecule has 1 saturated heterocycles. The number of benzene rings is 1. The van der Waals surface area contributed by atoms with Crippen molar-refractivity contribution < 1.29 is 4.74 Å². The maximum Gasteiger partial charge on any atom is 0.314 e. The van der Waals surface area contributed by atoms with Crippen LogP contribution in [0.2, 0.25) is 0 Å². The average Bonchev–Trinajstić information content (AvgIpc) is 2.78. The molecule has 5 heteroatoms. The molecule has 0 spiro atoms. The quantitative estimate of drug-likeness (QED) is 0.600. The number of amidine groups is 1. The van der Waals surface area contributed by atoms with E-state index in [-0.39, 0.29) is 6.02 Å². The van der Waals surface area contributed by atoms with Gasteiger partial charge in [0.2, 0.25) is 0 Å². The Morgan fingerprint density at radius 3 is 2.55 bits per heavy atom. The van der Waals surface area contributed by atoms with Crippen LogP contribution in [0.4, 0.5) is 0 Å². The number of ether oxygens (including phenoxy) is 1. The molecule has 0 aromatic heterocycles. The fourth-order valence-electron chi connectivity index (χ4n) is 5.33. The molecular formula is C24H34N4O. The largest absolute Gasteiger partial charge is 0.425 e. The van der Waals surface area contributed by atoms with E-state index in [9.17, 15) is 0 Å². The summed E-state index contributed by atoms with van der Waals surface area (Å²) in [6.07, 6.45) is 13.7. The van der Waals surface area contributed by atoms with E-state index >= 15 is 0 Å². The molecule has 0 radical (unpaired) electrons. The molecule has 0 bridgehead atoms. The van der Waals surface area contributed by atoms with Crippen LogP contribution in [-0.4, -0.2) is 54.3 Å². The third-order valence-electron chi connectivity index (χ3n) is 6.79. The lowest BCUT2D eigenvalue weighted by molar-refractivity contribution is 0.0515. The Morgan fingerprint density at radius 1 is 1.03 bits per heavy atom. The van der Waals surface area contributed by atoms with Crippen molar-refractivity contribution in [3.63, 3.8) is 0 Å². The van der Waals surface area contributed by atoms with Crippen molar-refractivity contribution in [2.75, 3.05) is 26.2 Å². The molecule has 3 aliphatic rings. The third kappa shape index (κ3) is 4.96. The Kier molecular flexibility index (Phi) is 6.78. The molecular weight excluding hydrogens is 360 g/mol. The Morgan fingerprint density at radius 2 is 1.79 bits per heavy atom. The summed E-state index contributed by atoms with van der Waals surface area (Å²) in [6, 6.07) is 7.58. The monoisotopic (exact) mass is 394 g/mol. The summed E-state index contributed by atoms with van der Waals surface area (Å²) < 4.78 is 5.56. The van der Waals surface area contributed by atoms with Gasteiger partial charge >= 0.3 is 6.02 Å². The predicted octanol–water partition coefficient (Wildman–Crippen LogP) is 4.58. The number of fused-ring (bicyclic) bond motifs is 1. The van der Waals surface area contributed by atoms with E-state index in [4.69, 9.17) is 10.1 Å². The second-order valence-electron chi connectivity index (χ2n) is 8.55. The van der Waals surface area contributed by atoms with Gasteiger partial charge in [-0.2, -0.15) is 0 Å². The van der Waals surface area contributed by atoms with Crippen LogP contribution in [0.1, 0.15) is 62.1 Å². The Balaban J connectivity index is 1.39. The minimum absolute atomic E-state index is 0.101. The number of rotatable bonds is 4. The molecule has 2 fully saturated rings. The molecule has 1 N–H and O–H groups in total. The molecule has 4 rings (SSSR count). The molecule has 1 aromatic carbocycles. The molecule has 0 amide bonds. The summed E-state index contributed by atoms with van der Waals surface area (Å²) >= 11 is 0. The van der Waals surface area contributed by atoms with E-state index in [1.54, 1.807) is 6.08 Å². The van der Waals surface area contributed by atoms with E-state index < -0.39 is 0 Å². The number of allylic oxidation sites excluding steroid dienone is 1. The first kappa shape index (κ1) is 20.3. The minimum atomic E-state index is -0.101. The number of aryl methyl sites for hydroxylation is 1. The van der Waals surface area contributed by atoms with Gasteiger partial charge < -0.3 is 4.74 Å². The Labute approximate surface area is 175 Å². The zero-order valence-corrected chi connectivity index (χ0v) is 17.5. The van der Waals surface area contributed by atoms with Crippen molar-refractivity contribution in [2.45, 2.75) is 63.5 Å². The van der Waals surface area contributed by atoms with Gasteiger partial charge in [-0.3, -0.25) is 9.80 Å². The molecule has 5 nitrogen and oxygen atoms in total. The van der Waals surface area contributed by atoms with Crippen LogP contribution in [0.3, 0.4) is 0 Å². The number of hydrogen-bond acceptors (Lipinski definition) is 4. The van der Waals surface area contributed by atoms with Gasteiger partial charge in [0, 0.05) is 44.5 Å². The first-order chi connectivity index (χ1) is 14.2. The highest BCUT2D eigenvalue weighted by Gasteiger charge is 2.31. The maximum absolute atomic E-state index is 7.79. The van der Waals surface area contributed by atoms with Crippen molar-refractivity contribution in [3.8, 4) is 5.75 Å². The van der Waals surface area contributed by atoms with Gasteiger partial charge in [0.15, 0.2) is 0 Å². The highest BCUT2D eigenvalue weighted by molar-refractivity contribution is 5.86. The van der Waals surface area contributed by atoms with Crippen molar-refractivity contribution in [1.29, 1.82) is 5.41 Å². The SMILES string of the molecule is C=C/C=N\C(=N)Oc1ccc2c(c1)CCCC2N1CCN(C2CCCCC2)CC1. The Hall–Kier alpha value is -1.98. The topological polar surface area (TPSA) is 51.9 Å². The van der Waals surface area contributed by atoms with Crippen LogP contribution in [0.25, 0.3) is 0 Å². The molecule has 1 atom stereocenters. The van der Waals surface area contributed by atoms with Gasteiger partial charge in [-0.05, 0) is 55.4 Å². The van der Waals surface area contributed by atoms with Crippen LogP contribution in [0.15, 0.2) is 35.8 Å². The first-order valence-corrected chi connectivity index (χ1v) is 11.3. The molecule has 1 aromatic rings. The lowest BCUT2D eigenvalue weighted by Crippen LogP contribution is -2.51. The molecule has 29 heavy (non-hydrogen) atoms. The molecule has 2 aliphatic carbocycles. The molecule has 1 aliphatic heterocycles.